The van der Waals surface area contributed by atoms with Gasteiger partial charge in [-0.15, -0.1) is 10.2 Å². The van der Waals surface area contributed by atoms with Crippen molar-refractivity contribution >= 4 is 28.0 Å². The first-order valence-corrected chi connectivity index (χ1v) is 9.12. The summed E-state index contributed by atoms with van der Waals surface area (Å²) in [7, 11) is 1.32. The van der Waals surface area contributed by atoms with Gasteiger partial charge in [0.25, 0.3) is 0 Å². The van der Waals surface area contributed by atoms with E-state index in [9.17, 15) is 9.59 Å². The summed E-state index contributed by atoms with van der Waals surface area (Å²) in [4.78, 5) is 24.3. The zero-order chi connectivity index (χ0) is 20.4. The number of alkyl carbamates (subject to hydrolysis) is 1. The SMILES string of the molecule is COC(=O)c1cc(Br)ccc1-n1c(C)nnc1C(C)NC(=O)OC(C)(C)C. The van der Waals surface area contributed by atoms with Gasteiger partial charge in [0, 0.05) is 4.47 Å². The van der Waals surface area contributed by atoms with E-state index in [2.05, 4.69) is 31.4 Å². The van der Waals surface area contributed by atoms with E-state index in [1.165, 1.54) is 7.11 Å². The van der Waals surface area contributed by atoms with Gasteiger partial charge in [-0.05, 0) is 52.8 Å². The molecular formula is C18H23BrN4O4. The van der Waals surface area contributed by atoms with Crippen LogP contribution in [0.1, 0.15) is 55.7 Å². The molecule has 0 fully saturated rings. The van der Waals surface area contributed by atoms with E-state index >= 15 is 0 Å². The second kappa shape index (κ2) is 8.08. The van der Waals surface area contributed by atoms with Crippen LogP contribution in [-0.2, 0) is 9.47 Å². The lowest BCUT2D eigenvalue weighted by molar-refractivity contribution is 0.0503. The third kappa shape index (κ3) is 5.06. The molecule has 0 spiro atoms. The lowest BCUT2D eigenvalue weighted by Crippen LogP contribution is -2.35. The molecule has 2 aromatic rings. The van der Waals surface area contributed by atoms with Gasteiger partial charge < -0.3 is 14.8 Å². The van der Waals surface area contributed by atoms with Crippen LogP contribution in [0.4, 0.5) is 4.79 Å². The molecule has 0 saturated carbocycles. The molecular weight excluding hydrogens is 416 g/mol. The predicted octanol–water partition coefficient (Wildman–Crippen LogP) is 3.71. The van der Waals surface area contributed by atoms with E-state index in [0.29, 0.717) is 22.9 Å². The average molecular weight is 439 g/mol. The van der Waals surface area contributed by atoms with Gasteiger partial charge >= 0.3 is 12.1 Å². The Morgan fingerprint density at radius 3 is 2.52 bits per heavy atom. The fourth-order valence-electron chi connectivity index (χ4n) is 2.48. The summed E-state index contributed by atoms with van der Waals surface area (Å²) < 4.78 is 12.6. The Morgan fingerprint density at radius 2 is 1.93 bits per heavy atom. The highest BCUT2D eigenvalue weighted by Gasteiger charge is 2.24. The van der Waals surface area contributed by atoms with Crippen LogP contribution in [0.15, 0.2) is 22.7 Å². The molecule has 9 heteroatoms. The molecule has 0 aliphatic rings. The quantitative estimate of drug-likeness (QED) is 0.730. The van der Waals surface area contributed by atoms with E-state index in [-0.39, 0.29) is 0 Å². The minimum Gasteiger partial charge on any atom is -0.465 e. The van der Waals surface area contributed by atoms with E-state index < -0.39 is 23.7 Å². The average Bonchev–Trinajstić information content (AvgIpc) is 2.93. The Kier molecular flexibility index (Phi) is 6.25. The van der Waals surface area contributed by atoms with Crippen molar-refractivity contribution in [3.63, 3.8) is 0 Å². The van der Waals surface area contributed by atoms with E-state index in [4.69, 9.17) is 9.47 Å². The molecule has 27 heavy (non-hydrogen) atoms. The van der Waals surface area contributed by atoms with Gasteiger partial charge in [-0.2, -0.15) is 0 Å². The third-order valence-electron chi connectivity index (χ3n) is 3.58. The van der Waals surface area contributed by atoms with Crippen molar-refractivity contribution in [2.75, 3.05) is 7.11 Å². The van der Waals surface area contributed by atoms with Crippen LogP contribution in [0, 0.1) is 6.92 Å². The fraction of sp³-hybridized carbons (Fsp3) is 0.444. The Morgan fingerprint density at radius 1 is 1.26 bits per heavy atom. The Balaban J connectivity index is 2.43. The fourth-order valence-corrected chi connectivity index (χ4v) is 2.84. The first-order chi connectivity index (χ1) is 12.5. The van der Waals surface area contributed by atoms with Crippen LogP contribution in [-0.4, -0.2) is 39.5 Å². The molecule has 0 saturated heterocycles. The number of aromatic nitrogens is 3. The van der Waals surface area contributed by atoms with Crippen molar-refractivity contribution in [2.24, 2.45) is 0 Å². The number of hydrogen-bond donors (Lipinski definition) is 1. The number of benzene rings is 1. The summed E-state index contributed by atoms with van der Waals surface area (Å²) in [6, 6.07) is 4.72. The topological polar surface area (TPSA) is 95.3 Å². The van der Waals surface area contributed by atoms with Gasteiger partial charge in [0.15, 0.2) is 5.82 Å². The normalized spacial score (nSPS) is 12.4. The standard InChI is InChI=1S/C18H23BrN4O4/c1-10(20-17(25)27-18(3,4)5)15-22-21-11(2)23(15)14-8-7-12(19)9-13(14)16(24)26-6/h7-10H,1-6H3,(H,20,25). The first kappa shape index (κ1) is 20.9. The first-order valence-electron chi connectivity index (χ1n) is 8.33. The number of carbonyl (C=O) groups excluding carboxylic acids is 2. The largest absolute Gasteiger partial charge is 0.465 e. The molecule has 1 heterocycles. The monoisotopic (exact) mass is 438 g/mol. The van der Waals surface area contributed by atoms with Gasteiger partial charge in [0.1, 0.15) is 11.4 Å². The van der Waals surface area contributed by atoms with Gasteiger partial charge in [-0.3, -0.25) is 4.57 Å². The number of rotatable bonds is 4. The molecule has 1 amide bonds. The molecule has 0 radical (unpaired) electrons. The van der Waals surface area contributed by atoms with Crippen molar-refractivity contribution in [3.05, 3.63) is 39.9 Å². The summed E-state index contributed by atoms with van der Waals surface area (Å²) in [5.74, 6) is 0.541. The lowest BCUT2D eigenvalue weighted by atomic mass is 10.1. The molecule has 1 atom stereocenters. The van der Waals surface area contributed by atoms with Gasteiger partial charge in [-0.1, -0.05) is 15.9 Å². The molecule has 0 aliphatic carbocycles. The van der Waals surface area contributed by atoms with Crippen LogP contribution in [0.3, 0.4) is 0 Å². The van der Waals surface area contributed by atoms with Crippen molar-refractivity contribution in [1.29, 1.82) is 0 Å². The molecule has 8 nitrogen and oxygen atoms in total. The minimum absolute atomic E-state index is 0.348. The Labute approximate surface area is 166 Å². The highest BCUT2D eigenvalue weighted by molar-refractivity contribution is 9.10. The molecule has 1 unspecified atom stereocenters. The predicted molar refractivity (Wildman–Crippen MR) is 103 cm³/mol. The number of methoxy groups -OCH3 is 1. The van der Waals surface area contributed by atoms with Crippen molar-refractivity contribution in [3.8, 4) is 5.69 Å². The van der Waals surface area contributed by atoms with E-state index in [1.807, 2.05) is 0 Å². The molecule has 1 N–H and O–H groups in total. The van der Waals surface area contributed by atoms with Crippen LogP contribution >= 0.6 is 15.9 Å². The maximum absolute atomic E-state index is 12.2. The smallest absolute Gasteiger partial charge is 0.408 e. The Hall–Kier alpha value is -2.42. The number of carbonyl (C=O) groups is 2. The summed E-state index contributed by atoms with van der Waals surface area (Å²) in [6.45, 7) is 8.89. The number of esters is 1. The van der Waals surface area contributed by atoms with Gasteiger partial charge in [-0.25, -0.2) is 9.59 Å². The second-order valence-corrected chi connectivity index (χ2v) is 7.88. The summed E-state index contributed by atoms with van der Waals surface area (Å²) in [5, 5.41) is 11.0. The van der Waals surface area contributed by atoms with Crippen molar-refractivity contribution in [1.82, 2.24) is 20.1 Å². The number of hydrogen-bond acceptors (Lipinski definition) is 6. The van der Waals surface area contributed by atoms with Crippen LogP contribution in [0.25, 0.3) is 5.69 Å². The molecule has 1 aromatic carbocycles. The van der Waals surface area contributed by atoms with Crippen molar-refractivity contribution < 1.29 is 19.1 Å². The molecule has 1 aromatic heterocycles. The van der Waals surface area contributed by atoms with E-state index in [0.717, 1.165) is 4.47 Å². The Bertz CT molecular complexity index is 858. The summed E-state index contributed by atoms with van der Waals surface area (Å²) >= 11 is 3.36. The van der Waals surface area contributed by atoms with Crippen LogP contribution in [0.5, 0.6) is 0 Å². The molecule has 146 valence electrons. The molecule has 0 aliphatic heterocycles. The highest BCUT2D eigenvalue weighted by atomic mass is 79.9. The second-order valence-electron chi connectivity index (χ2n) is 6.96. The summed E-state index contributed by atoms with van der Waals surface area (Å²) in [5.41, 5.74) is 0.290. The number of amides is 1. The van der Waals surface area contributed by atoms with Gasteiger partial charge in [0.2, 0.25) is 0 Å². The maximum Gasteiger partial charge on any atom is 0.408 e. The highest BCUT2D eigenvalue weighted by Crippen LogP contribution is 2.25. The molecule has 2 rings (SSSR count). The minimum atomic E-state index is -0.614. The van der Waals surface area contributed by atoms with Crippen molar-refractivity contribution in [2.45, 2.75) is 46.3 Å². The summed E-state index contributed by atoms with van der Waals surface area (Å²) in [6.07, 6.45) is -0.564. The number of nitrogens with zero attached hydrogens (tertiary/aromatic N) is 3. The zero-order valence-corrected chi connectivity index (χ0v) is 17.7. The number of nitrogens with one attached hydrogen (secondary N) is 1. The van der Waals surface area contributed by atoms with Gasteiger partial charge in [0.05, 0.1) is 24.4 Å². The van der Waals surface area contributed by atoms with E-state index in [1.54, 1.807) is 57.4 Å². The third-order valence-corrected chi connectivity index (χ3v) is 4.07. The zero-order valence-electron chi connectivity index (χ0n) is 16.2. The number of aryl methyl sites for hydroxylation is 1. The van der Waals surface area contributed by atoms with Crippen LogP contribution in [0.2, 0.25) is 0 Å². The molecule has 0 bridgehead atoms. The lowest BCUT2D eigenvalue weighted by Gasteiger charge is -2.22. The van der Waals surface area contributed by atoms with Crippen LogP contribution < -0.4 is 5.32 Å². The number of halogens is 1. The number of ether oxygens (including phenoxy) is 2. The maximum atomic E-state index is 12.2.